The zero-order valence-corrected chi connectivity index (χ0v) is 18.4. The van der Waals surface area contributed by atoms with Gasteiger partial charge in [-0.25, -0.2) is 0 Å². The number of hydrogen-bond acceptors (Lipinski definition) is 5. The Morgan fingerprint density at radius 2 is 1.74 bits per heavy atom. The van der Waals surface area contributed by atoms with E-state index >= 15 is 0 Å². The molecule has 1 saturated heterocycles. The van der Waals surface area contributed by atoms with Gasteiger partial charge in [0.05, 0.1) is 18.2 Å². The van der Waals surface area contributed by atoms with Crippen molar-refractivity contribution in [2.75, 3.05) is 33.8 Å². The van der Waals surface area contributed by atoms with Gasteiger partial charge in [0.2, 0.25) is 0 Å². The monoisotopic (exact) mass is 422 g/mol. The topological polar surface area (TPSA) is 70.1 Å². The maximum atomic E-state index is 13.0. The summed E-state index contributed by atoms with van der Waals surface area (Å²) in [7, 11) is 3.94. The molecule has 0 radical (unpaired) electrons. The second kappa shape index (κ2) is 10.3. The van der Waals surface area contributed by atoms with Crippen LogP contribution in [0.3, 0.4) is 0 Å². The number of rotatable bonds is 9. The molecule has 0 aliphatic carbocycles. The second-order valence-electron chi connectivity index (χ2n) is 7.93. The van der Waals surface area contributed by atoms with E-state index in [0.717, 1.165) is 24.9 Å². The Morgan fingerprint density at radius 1 is 1.06 bits per heavy atom. The van der Waals surface area contributed by atoms with E-state index in [4.69, 9.17) is 4.74 Å². The summed E-state index contributed by atoms with van der Waals surface area (Å²) < 4.78 is 5.59. The first kappa shape index (κ1) is 22.6. The quantitative estimate of drug-likeness (QED) is 0.378. The molecule has 1 atom stereocenters. The van der Waals surface area contributed by atoms with E-state index in [2.05, 4.69) is 0 Å². The number of aliphatic hydroxyl groups is 1. The number of nitrogens with zero attached hydrogens (tertiary/aromatic N) is 2. The molecule has 6 heteroatoms. The summed E-state index contributed by atoms with van der Waals surface area (Å²) >= 11 is 0. The van der Waals surface area contributed by atoms with Crippen LogP contribution in [0.4, 0.5) is 0 Å². The minimum absolute atomic E-state index is 0.128. The summed E-state index contributed by atoms with van der Waals surface area (Å²) in [4.78, 5) is 29.5. The Hall–Kier alpha value is -3.12. The van der Waals surface area contributed by atoms with Gasteiger partial charge < -0.3 is 19.6 Å². The van der Waals surface area contributed by atoms with Gasteiger partial charge in [-0.15, -0.1) is 0 Å². The molecule has 1 fully saturated rings. The second-order valence-corrected chi connectivity index (χ2v) is 7.93. The molecule has 0 saturated carbocycles. The van der Waals surface area contributed by atoms with E-state index in [9.17, 15) is 14.7 Å². The molecule has 0 aromatic heterocycles. The normalized spacial score (nSPS) is 18.1. The molecule has 0 unspecified atom stereocenters. The summed E-state index contributed by atoms with van der Waals surface area (Å²) in [5.74, 6) is -0.689. The average molecular weight is 423 g/mol. The Morgan fingerprint density at radius 3 is 2.35 bits per heavy atom. The molecule has 1 aliphatic rings. The lowest BCUT2D eigenvalue weighted by atomic mass is 9.95. The number of likely N-dealkylation sites (tertiary alicyclic amines) is 1. The van der Waals surface area contributed by atoms with Gasteiger partial charge in [-0.1, -0.05) is 37.3 Å². The van der Waals surface area contributed by atoms with E-state index in [1.54, 1.807) is 29.2 Å². The fraction of sp³-hybridized carbons (Fsp3) is 0.360. The zero-order chi connectivity index (χ0) is 22.4. The number of hydrogen-bond donors (Lipinski definition) is 1. The Labute approximate surface area is 183 Å². The van der Waals surface area contributed by atoms with E-state index < -0.39 is 17.7 Å². The molecule has 0 bridgehead atoms. The van der Waals surface area contributed by atoms with Crippen molar-refractivity contribution in [3.8, 4) is 5.75 Å². The first-order valence-electron chi connectivity index (χ1n) is 10.6. The van der Waals surface area contributed by atoms with Gasteiger partial charge in [0.25, 0.3) is 11.7 Å². The molecule has 164 valence electrons. The predicted molar refractivity (Wildman–Crippen MR) is 121 cm³/mol. The van der Waals surface area contributed by atoms with Crippen LogP contribution in [-0.2, 0) is 9.59 Å². The SMILES string of the molecule is CCCOc1ccc(/C(O)=C2\C(=O)C(=O)N(CCCN(C)C)[C@@H]2c2ccccc2)cc1. The Balaban J connectivity index is 1.99. The molecule has 1 amide bonds. The Bertz CT molecular complexity index is 936. The fourth-order valence-corrected chi connectivity index (χ4v) is 3.73. The molecule has 1 heterocycles. The summed E-state index contributed by atoms with van der Waals surface area (Å²) in [5, 5.41) is 11.1. The molecule has 0 spiro atoms. The molecule has 1 aliphatic heterocycles. The number of aliphatic hydroxyl groups excluding tert-OH is 1. The van der Waals surface area contributed by atoms with Crippen molar-refractivity contribution in [2.45, 2.75) is 25.8 Å². The van der Waals surface area contributed by atoms with Crippen molar-refractivity contribution in [3.05, 3.63) is 71.3 Å². The highest BCUT2D eigenvalue weighted by Crippen LogP contribution is 2.39. The van der Waals surface area contributed by atoms with Gasteiger partial charge in [0, 0.05) is 12.1 Å². The van der Waals surface area contributed by atoms with Gasteiger partial charge in [-0.3, -0.25) is 9.59 Å². The number of carbonyl (C=O) groups excluding carboxylic acids is 2. The van der Waals surface area contributed by atoms with Crippen LogP contribution in [0.25, 0.3) is 5.76 Å². The van der Waals surface area contributed by atoms with Crippen LogP contribution >= 0.6 is 0 Å². The molecule has 3 rings (SSSR count). The molecular formula is C25H30N2O4. The largest absolute Gasteiger partial charge is 0.507 e. The number of carbonyl (C=O) groups is 2. The number of ketones is 1. The van der Waals surface area contributed by atoms with Crippen molar-refractivity contribution in [1.82, 2.24) is 9.80 Å². The minimum Gasteiger partial charge on any atom is -0.507 e. The molecule has 2 aromatic carbocycles. The predicted octanol–water partition coefficient (Wildman–Crippen LogP) is 3.85. The van der Waals surface area contributed by atoms with Crippen molar-refractivity contribution >= 4 is 17.4 Å². The number of ether oxygens (including phenoxy) is 1. The lowest BCUT2D eigenvalue weighted by Gasteiger charge is -2.26. The fourth-order valence-electron chi connectivity index (χ4n) is 3.73. The van der Waals surface area contributed by atoms with Crippen LogP contribution in [0, 0.1) is 0 Å². The molecular weight excluding hydrogens is 392 g/mol. The first-order valence-corrected chi connectivity index (χ1v) is 10.6. The van der Waals surface area contributed by atoms with Gasteiger partial charge >= 0.3 is 0 Å². The average Bonchev–Trinajstić information content (AvgIpc) is 3.03. The van der Waals surface area contributed by atoms with Gasteiger partial charge in [0.1, 0.15) is 11.5 Å². The highest BCUT2D eigenvalue weighted by atomic mass is 16.5. The number of amides is 1. The number of benzene rings is 2. The maximum Gasteiger partial charge on any atom is 0.295 e. The zero-order valence-electron chi connectivity index (χ0n) is 18.4. The van der Waals surface area contributed by atoms with E-state index in [0.29, 0.717) is 24.5 Å². The van der Waals surface area contributed by atoms with Crippen molar-refractivity contribution < 1.29 is 19.4 Å². The molecule has 1 N–H and O–H groups in total. The summed E-state index contributed by atoms with van der Waals surface area (Å²) in [6.45, 7) is 3.87. The van der Waals surface area contributed by atoms with Gasteiger partial charge in [-0.2, -0.15) is 0 Å². The van der Waals surface area contributed by atoms with Crippen molar-refractivity contribution in [1.29, 1.82) is 0 Å². The van der Waals surface area contributed by atoms with Crippen LogP contribution in [0.5, 0.6) is 5.75 Å². The van der Waals surface area contributed by atoms with Gasteiger partial charge in [0.15, 0.2) is 0 Å². The van der Waals surface area contributed by atoms with Crippen LogP contribution in [0.1, 0.15) is 36.9 Å². The molecule has 31 heavy (non-hydrogen) atoms. The smallest absolute Gasteiger partial charge is 0.295 e. The van der Waals surface area contributed by atoms with Crippen LogP contribution in [-0.4, -0.2) is 60.4 Å². The molecule has 6 nitrogen and oxygen atoms in total. The third-order valence-electron chi connectivity index (χ3n) is 5.26. The lowest BCUT2D eigenvalue weighted by molar-refractivity contribution is -0.139. The summed E-state index contributed by atoms with van der Waals surface area (Å²) in [6.07, 6.45) is 1.63. The third-order valence-corrected chi connectivity index (χ3v) is 5.26. The van der Waals surface area contributed by atoms with Crippen molar-refractivity contribution in [2.24, 2.45) is 0 Å². The first-order chi connectivity index (χ1) is 14.9. The van der Waals surface area contributed by atoms with E-state index in [-0.39, 0.29) is 11.3 Å². The lowest BCUT2D eigenvalue weighted by Crippen LogP contribution is -2.32. The van der Waals surface area contributed by atoms with Crippen LogP contribution in [0.2, 0.25) is 0 Å². The maximum absolute atomic E-state index is 13.0. The van der Waals surface area contributed by atoms with E-state index in [1.807, 2.05) is 56.3 Å². The molecule has 2 aromatic rings. The standard InChI is InChI=1S/C25H30N2O4/c1-4-17-31-20-13-11-19(12-14-20)23(28)21-22(18-9-6-5-7-10-18)27(25(30)24(21)29)16-8-15-26(2)3/h5-7,9-14,22,28H,4,8,15-17H2,1-3H3/b23-21+/t22-/m1/s1. The Kier molecular flexibility index (Phi) is 7.47. The highest BCUT2D eigenvalue weighted by Gasteiger charge is 2.45. The summed E-state index contributed by atoms with van der Waals surface area (Å²) in [6, 6.07) is 15.7. The van der Waals surface area contributed by atoms with E-state index in [1.165, 1.54) is 0 Å². The van der Waals surface area contributed by atoms with Crippen LogP contribution < -0.4 is 4.74 Å². The minimum atomic E-state index is -0.650. The van der Waals surface area contributed by atoms with Gasteiger partial charge in [-0.05, 0) is 63.3 Å². The van der Waals surface area contributed by atoms with Crippen molar-refractivity contribution in [3.63, 3.8) is 0 Å². The highest BCUT2D eigenvalue weighted by molar-refractivity contribution is 6.46. The summed E-state index contributed by atoms with van der Waals surface area (Å²) in [5.41, 5.74) is 1.41. The number of Topliss-reactive ketones (excluding diaryl/α,β-unsaturated/α-hetero) is 1. The third kappa shape index (κ3) is 5.14. The van der Waals surface area contributed by atoms with Crippen LogP contribution in [0.15, 0.2) is 60.2 Å².